The Morgan fingerprint density at radius 2 is 1.90 bits per heavy atom. The number of rotatable bonds is 1. The van der Waals surface area contributed by atoms with E-state index in [1.54, 1.807) is 0 Å². The lowest BCUT2D eigenvalue weighted by molar-refractivity contribution is 0.0684. The van der Waals surface area contributed by atoms with Gasteiger partial charge in [0.05, 0.1) is 5.69 Å². The normalized spacial score (nSPS) is 24.6. The highest BCUT2D eigenvalue weighted by molar-refractivity contribution is 5.83. The summed E-state index contributed by atoms with van der Waals surface area (Å²) in [5, 5.41) is 11.6. The van der Waals surface area contributed by atoms with Crippen molar-refractivity contribution in [1.82, 2.24) is 19.6 Å². The van der Waals surface area contributed by atoms with Crippen molar-refractivity contribution < 1.29 is 9.90 Å². The van der Waals surface area contributed by atoms with E-state index in [4.69, 9.17) is 5.11 Å². The van der Waals surface area contributed by atoms with Gasteiger partial charge in [0.2, 0.25) is 5.82 Å². The molecule has 7 nitrogen and oxygen atoms in total. The number of H-pyrrole nitrogens is 1. The van der Waals surface area contributed by atoms with Crippen LogP contribution in [0.4, 0.5) is 0 Å². The number of nitrogens with zero attached hydrogens (tertiary/aromatic N) is 3. The third kappa shape index (κ3) is 1.87. The highest BCUT2D eigenvalue weighted by Crippen LogP contribution is 2.39. The first kappa shape index (κ1) is 12.6. The molecule has 2 N–H and O–H groups in total. The van der Waals surface area contributed by atoms with Crippen molar-refractivity contribution in [3.8, 4) is 0 Å². The maximum Gasteiger partial charge on any atom is 0.373 e. The van der Waals surface area contributed by atoms with Gasteiger partial charge in [0.1, 0.15) is 0 Å². The lowest BCUT2D eigenvalue weighted by Crippen LogP contribution is -2.32. The van der Waals surface area contributed by atoms with Crippen molar-refractivity contribution in [2.45, 2.75) is 38.5 Å². The van der Waals surface area contributed by atoms with Crippen LogP contribution in [0.2, 0.25) is 0 Å². The topological polar surface area (TPSA) is 100 Å². The predicted octanol–water partition coefficient (Wildman–Crippen LogP) is 1.02. The lowest BCUT2D eigenvalue weighted by atomic mass is 9.70. The molecule has 110 valence electrons. The summed E-state index contributed by atoms with van der Waals surface area (Å²) in [6, 6.07) is 0. The Morgan fingerprint density at radius 3 is 2.62 bits per heavy atom. The zero-order valence-corrected chi connectivity index (χ0v) is 11.5. The molecular formula is C14H16N4O3. The summed E-state index contributed by atoms with van der Waals surface area (Å²) >= 11 is 0. The molecule has 0 saturated heterocycles. The van der Waals surface area contributed by atoms with E-state index < -0.39 is 11.7 Å². The average molecular weight is 288 g/mol. The van der Waals surface area contributed by atoms with Gasteiger partial charge in [-0.25, -0.2) is 14.6 Å². The summed E-state index contributed by atoms with van der Waals surface area (Å²) in [6.45, 7) is 0. The maximum atomic E-state index is 12.0. The van der Waals surface area contributed by atoms with Gasteiger partial charge in [-0.1, -0.05) is 12.8 Å². The van der Waals surface area contributed by atoms with Crippen molar-refractivity contribution in [3.63, 3.8) is 0 Å². The Hall–Kier alpha value is -2.18. The highest BCUT2D eigenvalue weighted by Gasteiger charge is 2.33. The third-order valence-electron chi connectivity index (χ3n) is 4.88. The zero-order chi connectivity index (χ0) is 14.6. The van der Waals surface area contributed by atoms with Crippen LogP contribution in [0.5, 0.6) is 0 Å². The molecule has 2 heterocycles. The molecule has 2 atom stereocenters. The standard InChI is InChI=1S/C14H16N4O3/c19-13(20)11-16-12-9-5-7-3-1-2-4-8(7)6-10(9)15-14(21)18(12)17-11/h7-8H,1-6H2,(H,16,17)(H,19,20). The quantitative estimate of drug-likeness (QED) is 0.816. The Balaban J connectivity index is 1.90. The molecule has 0 radical (unpaired) electrons. The van der Waals surface area contributed by atoms with Gasteiger partial charge in [0.15, 0.2) is 5.65 Å². The van der Waals surface area contributed by atoms with Crippen LogP contribution in [0.1, 0.15) is 47.6 Å². The van der Waals surface area contributed by atoms with Crippen LogP contribution < -0.4 is 5.69 Å². The molecule has 1 saturated carbocycles. The van der Waals surface area contributed by atoms with Gasteiger partial charge in [-0.3, -0.25) is 5.10 Å². The number of aromatic carboxylic acids is 1. The van der Waals surface area contributed by atoms with Crippen LogP contribution in [-0.4, -0.2) is 30.7 Å². The SMILES string of the molecule is O=C(O)c1nc2c3c(nc(=O)n2[nH]1)CC1CCCCC1C3. The minimum Gasteiger partial charge on any atom is -0.475 e. The van der Waals surface area contributed by atoms with E-state index in [0.717, 1.165) is 28.6 Å². The van der Waals surface area contributed by atoms with E-state index >= 15 is 0 Å². The van der Waals surface area contributed by atoms with Gasteiger partial charge in [-0.15, -0.1) is 0 Å². The number of fused-ring (bicyclic) bond motifs is 4. The molecule has 0 aliphatic heterocycles. The Kier molecular flexibility index (Phi) is 2.63. The van der Waals surface area contributed by atoms with Gasteiger partial charge >= 0.3 is 11.7 Å². The Morgan fingerprint density at radius 1 is 1.19 bits per heavy atom. The lowest BCUT2D eigenvalue weighted by Gasteiger charge is -2.35. The summed E-state index contributed by atoms with van der Waals surface area (Å²) in [7, 11) is 0. The van der Waals surface area contributed by atoms with Crippen molar-refractivity contribution in [2.75, 3.05) is 0 Å². The van der Waals surface area contributed by atoms with E-state index in [-0.39, 0.29) is 5.82 Å². The molecule has 0 spiro atoms. The monoisotopic (exact) mass is 288 g/mol. The largest absolute Gasteiger partial charge is 0.475 e. The van der Waals surface area contributed by atoms with Crippen LogP contribution in [0, 0.1) is 11.8 Å². The third-order valence-corrected chi connectivity index (χ3v) is 4.88. The van der Waals surface area contributed by atoms with E-state index in [1.165, 1.54) is 25.7 Å². The van der Waals surface area contributed by atoms with Gasteiger partial charge in [-0.2, -0.15) is 9.50 Å². The van der Waals surface area contributed by atoms with Crippen molar-refractivity contribution >= 4 is 11.6 Å². The molecule has 0 amide bonds. The smallest absolute Gasteiger partial charge is 0.373 e. The Bertz CT molecular complexity index is 791. The number of hydrogen-bond donors (Lipinski definition) is 2. The fourth-order valence-electron chi connectivity index (χ4n) is 3.85. The summed E-state index contributed by atoms with van der Waals surface area (Å²) in [5.41, 5.74) is 1.72. The molecule has 4 rings (SSSR count). The first-order valence-corrected chi connectivity index (χ1v) is 7.37. The number of nitrogens with one attached hydrogen (secondary N) is 1. The minimum atomic E-state index is -1.17. The average Bonchev–Trinajstić information content (AvgIpc) is 2.92. The zero-order valence-electron chi connectivity index (χ0n) is 11.5. The summed E-state index contributed by atoms with van der Waals surface area (Å²) in [4.78, 5) is 31.3. The fraction of sp³-hybridized carbons (Fsp3) is 0.571. The molecule has 0 aromatic carbocycles. The van der Waals surface area contributed by atoms with Crippen molar-refractivity contribution in [1.29, 1.82) is 0 Å². The van der Waals surface area contributed by atoms with E-state index in [1.807, 2.05) is 0 Å². The van der Waals surface area contributed by atoms with Crippen LogP contribution in [-0.2, 0) is 12.8 Å². The second-order valence-corrected chi connectivity index (χ2v) is 6.07. The summed E-state index contributed by atoms with van der Waals surface area (Å²) < 4.78 is 1.16. The van der Waals surface area contributed by atoms with Crippen molar-refractivity contribution in [2.24, 2.45) is 11.8 Å². The molecular weight excluding hydrogens is 272 g/mol. The second-order valence-electron chi connectivity index (χ2n) is 6.07. The summed E-state index contributed by atoms with van der Waals surface area (Å²) in [6.07, 6.45) is 6.57. The van der Waals surface area contributed by atoms with E-state index in [0.29, 0.717) is 17.5 Å². The van der Waals surface area contributed by atoms with Crippen LogP contribution >= 0.6 is 0 Å². The molecule has 0 bridgehead atoms. The first-order chi connectivity index (χ1) is 10.1. The number of carboxylic acids is 1. The van der Waals surface area contributed by atoms with Crippen LogP contribution in [0.25, 0.3) is 5.65 Å². The molecule has 2 aromatic heterocycles. The van der Waals surface area contributed by atoms with Gasteiger partial charge < -0.3 is 5.11 Å². The molecule has 21 heavy (non-hydrogen) atoms. The van der Waals surface area contributed by atoms with Crippen LogP contribution in [0.15, 0.2) is 4.79 Å². The van der Waals surface area contributed by atoms with E-state index in [9.17, 15) is 9.59 Å². The van der Waals surface area contributed by atoms with Gasteiger partial charge in [0.25, 0.3) is 0 Å². The predicted molar refractivity (Wildman–Crippen MR) is 73.4 cm³/mol. The number of carbonyl (C=O) groups is 1. The molecule has 2 aliphatic carbocycles. The van der Waals surface area contributed by atoms with Crippen molar-refractivity contribution in [3.05, 3.63) is 27.6 Å². The molecule has 1 fully saturated rings. The molecule has 2 aromatic rings. The van der Waals surface area contributed by atoms with E-state index in [2.05, 4.69) is 15.1 Å². The summed E-state index contributed by atoms with van der Waals surface area (Å²) in [5.74, 6) is -0.163. The minimum absolute atomic E-state index is 0.215. The highest BCUT2D eigenvalue weighted by atomic mass is 16.4. The fourth-order valence-corrected chi connectivity index (χ4v) is 3.85. The van der Waals surface area contributed by atoms with Gasteiger partial charge in [0, 0.05) is 5.56 Å². The molecule has 7 heteroatoms. The number of carboxylic acid groups (broad SMARTS) is 1. The molecule has 2 unspecified atom stereocenters. The Labute approximate surface area is 120 Å². The molecule has 2 aliphatic rings. The number of aromatic amines is 1. The second kappa shape index (κ2) is 4.41. The number of hydrogen-bond acceptors (Lipinski definition) is 4. The number of aromatic nitrogens is 4. The van der Waals surface area contributed by atoms with Crippen LogP contribution in [0.3, 0.4) is 0 Å². The maximum absolute atomic E-state index is 12.0. The van der Waals surface area contributed by atoms with Gasteiger partial charge in [-0.05, 0) is 37.5 Å². The first-order valence-electron chi connectivity index (χ1n) is 7.37.